The molecular formula is C17H22N2O4S. The third-order valence-electron chi connectivity index (χ3n) is 3.95. The first-order valence-electron chi connectivity index (χ1n) is 7.46. The van der Waals surface area contributed by atoms with Gasteiger partial charge < -0.3 is 9.73 Å². The number of anilines is 1. The minimum atomic E-state index is -3.58. The van der Waals surface area contributed by atoms with Crippen LogP contribution in [-0.2, 0) is 10.0 Å². The molecule has 0 unspecified atom stereocenters. The summed E-state index contributed by atoms with van der Waals surface area (Å²) in [4.78, 5) is 12.6. The Morgan fingerprint density at radius 1 is 1.08 bits per heavy atom. The Hall–Kier alpha value is -2.12. The number of hydrogen-bond donors (Lipinski definition) is 1. The van der Waals surface area contributed by atoms with E-state index in [9.17, 15) is 13.2 Å². The lowest BCUT2D eigenvalue weighted by molar-refractivity contribution is 0.102. The van der Waals surface area contributed by atoms with Crippen LogP contribution in [0.5, 0.6) is 0 Å². The molecule has 0 aliphatic heterocycles. The molecule has 0 saturated carbocycles. The van der Waals surface area contributed by atoms with E-state index in [-0.39, 0.29) is 10.8 Å². The van der Waals surface area contributed by atoms with Crippen LogP contribution < -0.4 is 5.32 Å². The maximum absolute atomic E-state index is 12.5. The van der Waals surface area contributed by atoms with Crippen molar-refractivity contribution in [1.29, 1.82) is 0 Å². The number of rotatable bonds is 4. The first-order chi connectivity index (χ1) is 11.0. The van der Waals surface area contributed by atoms with Crippen LogP contribution in [0.2, 0.25) is 0 Å². The molecule has 1 heterocycles. The first-order valence-corrected chi connectivity index (χ1v) is 8.90. The van der Waals surface area contributed by atoms with Crippen molar-refractivity contribution in [2.75, 3.05) is 19.4 Å². The number of aryl methyl sites for hydroxylation is 3. The van der Waals surface area contributed by atoms with Gasteiger partial charge in [-0.1, -0.05) is 0 Å². The van der Waals surface area contributed by atoms with Gasteiger partial charge in [-0.25, -0.2) is 12.7 Å². The summed E-state index contributed by atoms with van der Waals surface area (Å²) in [6.07, 6.45) is 0. The van der Waals surface area contributed by atoms with Crippen LogP contribution in [0.25, 0.3) is 0 Å². The summed E-state index contributed by atoms with van der Waals surface area (Å²) >= 11 is 0. The fourth-order valence-electron chi connectivity index (χ4n) is 2.36. The zero-order valence-corrected chi connectivity index (χ0v) is 15.5. The standard InChI is InChI=1S/C17H22N2O4S/c1-10-7-14(24(21,22)19(5)6)9-16(12(10)3)18-17(20)15-8-11(2)23-13(15)4/h7-9H,1-6H3,(H,18,20). The molecule has 0 aliphatic carbocycles. The first kappa shape index (κ1) is 18.2. The second kappa shape index (κ2) is 6.41. The Bertz CT molecular complexity index is 896. The Balaban J connectivity index is 2.46. The van der Waals surface area contributed by atoms with E-state index in [1.807, 2.05) is 13.8 Å². The topological polar surface area (TPSA) is 79.6 Å². The maximum Gasteiger partial charge on any atom is 0.259 e. The summed E-state index contributed by atoms with van der Waals surface area (Å²) in [6, 6.07) is 4.75. The van der Waals surface area contributed by atoms with Crippen molar-refractivity contribution in [3.8, 4) is 0 Å². The van der Waals surface area contributed by atoms with Crippen LogP contribution in [0, 0.1) is 27.7 Å². The number of nitrogens with one attached hydrogen (secondary N) is 1. The molecule has 1 aromatic carbocycles. The number of carbonyl (C=O) groups excluding carboxylic acids is 1. The van der Waals surface area contributed by atoms with Crippen molar-refractivity contribution in [3.05, 3.63) is 46.4 Å². The van der Waals surface area contributed by atoms with E-state index in [0.717, 1.165) is 15.4 Å². The molecule has 1 amide bonds. The third kappa shape index (κ3) is 3.37. The highest BCUT2D eigenvalue weighted by Crippen LogP contribution is 2.26. The maximum atomic E-state index is 12.5. The van der Waals surface area contributed by atoms with Crippen molar-refractivity contribution in [2.24, 2.45) is 0 Å². The molecule has 7 heteroatoms. The van der Waals surface area contributed by atoms with E-state index in [0.29, 0.717) is 22.8 Å². The molecule has 6 nitrogen and oxygen atoms in total. The number of furan rings is 1. The van der Waals surface area contributed by atoms with Gasteiger partial charge in [0.25, 0.3) is 5.91 Å². The molecule has 0 fully saturated rings. The highest BCUT2D eigenvalue weighted by molar-refractivity contribution is 7.89. The number of carbonyl (C=O) groups is 1. The van der Waals surface area contributed by atoms with Gasteiger partial charge in [0.15, 0.2) is 0 Å². The van der Waals surface area contributed by atoms with Gasteiger partial charge in [0.2, 0.25) is 10.0 Å². The molecular weight excluding hydrogens is 328 g/mol. The predicted octanol–water partition coefficient (Wildman–Crippen LogP) is 3.02. The molecule has 0 bridgehead atoms. The summed E-state index contributed by atoms with van der Waals surface area (Å²) in [7, 11) is -0.634. The third-order valence-corrected chi connectivity index (χ3v) is 5.75. The minimum absolute atomic E-state index is 0.144. The predicted molar refractivity (Wildman–Crippen MR) is 92.9 cm³/mol. The van der Waals surface area contributed by atoms with Gasteiger partial charge in [-0.3, -0.25) is 4.79 Å². The fraction of sp³-hybridized carbons (Fsp3) is 0.353. The molecule has 130 valence electrons. The summed E-state index contributed by atoms with van der Waals surface area (Å²) in [5.41, 5.74) is 2.51. The summed E-state index contributed by atoms with van der Waals surface area (Å²) in [5, 5.41) is 2.79. The zero-order chi connectivity index (χ0) is 18.2. The average molecular weight is 350 g/mol. The van der Waals surface area contributed by atoms with E-state index in [1.165, 1.54) is 20.2 Å². The SMILES string of the molecule is Cc1cc(C(=O)Nc2cc(S(=O)(=O)N(C)C)cc(C)c2C)c(C)o1. The Morgan fingerprint density at radius 3 is 2.21 bits per heavy atom. The smallest absolute Gasteiger partial charge is 0.259 e. The molecule has 0 aliphatic rings. The van der Waals surface area contributed by atoms with Crippen molar-refractivity contribution < 1.29 is 17.6 Å². The van der Waals surface area contributed by atoms with Gasteiger partial charge in [-0.05, 0) is 57.0 Å². The van der Waals surface area contributed by atoms with Crippen LogP contribution in [0.1, 0.15) is 33.0 Å². The molecule has 2 aromatic rings. The quantitative estimate of drug-likeness (QED) is 0.919. The van der Waals surface area contributed by atoms with Gasteiger partial charge >= 0.3 is 0 Å². The molecule has 1 aromatic heterocycles. The second-order valence-electron chi connectivity index (χ2n) is 5.98. The molecule has 2 rings (SSSR count). The Morgan fingerprint density at radius 2 is 1.71 bits per heavy atom. The minimum Gasteiger partial charge on any atom is -0.466 e. The Labute approximate surface area is 142 Å². The molecule has 0 radical (unpaired) electrons. The molecule has 0 atom stereocenters. The Kier molecular flexibility index (Phi) is 4.87. The number of nitrogens with zero attached hydrogens (tertiary/aromatic N) is 1. The highest BCUT2D eigenvalue weighted by atomic mass is 32.2. The monoisotopic (exact) mass is 350 g/mol. The normalized spacial score (nSPS) is 11.8. The average Bonchev–Trinajstić information content (AvgIpc) is 2.82. The van der Waals surface area contributed by atoms with Gasteiger partial charge in [0, 0.05) is 19.8 Å². The van der Waals surface area contributed by atoms with Crippen LogP contribution in [0.15, 0.2) is 27.5 Å². The second-order valence-corrected chi connectivity index (χ2v) is 8.13. The number of sulfonamides is 1. The summed E-state index contributed by atoms with van der Waals surface area (Å²) in [5.74, 6) is 0.845. The van der Waals surface area contributed by atoms with Crippen molar-refractivity contribution in [1.82, 2.24) is 4.31 Å². The van der Waals surface area contributed by atoms with E-state index in [1.54, 1.807) is 26.0 Å². The largest absolute Gasteiger partial charge is 0.466 e. The van der Waals surface area contributed by atoms with Crippen LogP contribution >= 0.6 is 0 Å². The number of amides is 1. The number of hydrogen-bond acceptors (Lipinski definition) is 4. The van der Waals surface area contributed by atoms with E-state index >= 15 is 0 Å². The zero-order valence-electron chi connectivity index (χ0n) is 14.7. The van der Waals surface area contributed by atoms with Crippen LogP contribution in [0.4, 0.5) is 5.69 Å². The fourth-order valence-corrected chi connectivity index (χ4v) is 3.38. The lowest BCUT2D eigenvalue weighted by Gasteiger charge is -2.16. The molecule has 1 N–H and O–H groups in total. The van der Waals surface area contributed by atoms with E-state index in [2.05, 4.69) is 5.32 Å². The summed E-state index contributed by atoms with van der Waals surface area (Å²) in [6.45, 7) is 7.13. The highest BCUT2D eigenvalue weighted by Gasteiger charge is 2.21. The van der Waals surface area contributed by atoms with Gasteiger partial charge in [-0.2, -0.15) is 0 Å². The van der Waals surface area contributed by atoms with Crippen molar-refractivity contribution in [2.45, 2.75) is 32.6 Å². The van der Waals surface area contributed by atoms with E-state index in [4.69, 9.17) is 4.42 Å². The van der Waals surface area contributed by atoms with Gasteiger partial charge in [-0.15, -0.1) is 0 Å². The van der Waals surface area contributed by atoms with Gasteiger partial charge in [0.05, 0.1) is 10.5 Å². The van der Waals surface area contributed by atoms with E-state index < -0.39 is 10.0 Å². The van der Waals surface area contributed by atoms with Crippen molar-refractivity contribution >= 4 is 21.6 Å². The lowest BCUT2D eigenvalue weighted by Crippen LogP contribution is -2.23. The van der Waals surface area contributed by atoms with Crippen LogP contribution in [0.3, 0.4) is 0 Å². The summed E-state index contributed by atoms with van der Waals surface area (Å²) < 4.78 is 31.2. The lowest BCUT2D eigenvalue weighted by atomic mass is 10.1. The van der Waals surface area contributed by atoms with Crippen molar-refractivity contribution in [3.63, 3.8) is 0 Å². The molecule has 0 saturated heterocycles. The van der Waals surface area contributed by atoms with Gasteiger partial charge in [0.1, 0.15) is 11.5 Å². The molecule has 24 heavy (non-hydrogen) atoms. The number of benzene rings is 1. The molecule has 0 spiro atoms. The van der Waals surface area contributed by atoms with Crippen LogP contribution in [-0.4, -0.2) is 32.7 Å².